The summed E-state index contributed by atoms with van der Waals surface area (Å²) in [6, 6.07) is 12.2. The van der Waals surface area contributed by atoms with Gasteiger partial charge in [-0.3, -0.25) is 0 Å². The minimum absolute atomic E-state index is 0.381. The molecule has 1 nitrogen and oxygen atoms in total. The van der Waals surface area contributed by atoms with E-state index in [4.69, 9.17) is 0 Å². The molecule has 0 N–H and O–H groups in total. The first-order valence-electron chi connectivity index (χ1n) is 9.63. The molecule has 0 saturated carbocycles. The zero-order chi connectivity index (χ0) is 17.7. The summed E-state index contributed by atoms with van der Waals surface area (Å²) >= 11 is 0. The van der Waals surface area contributed by atoms with Gasteiger partial charge in [-0.15, -0.1) is 0 Å². The Morgan fingerprint density at radius 1 is 1.12 bits per heavy atom. The van der Waals surface area contributed by atoms with Crippen molar-refractivity contribution in [1.29, 1.82) is 0 Å². The van der Waals surface area contributed by atoms with Gasteiger partial charge in [-0.2, -0.15) is 0 Å². The molecule has 25 heavy (non-hydrogen) atoms. The van der Waals surface area contributed by atoms with E-state index in [0.29, 0.717) is 17.9 Å². The lowest BCUT2D eigenvalue weighted by molar-refractivity contribution is 0.591. The normalized spacial score (nSPS) is 21.1. The predicted molar refractivity (Wildman–Crippen MR) is 108 cm³/mol. The summed E-state index contributed by atoms with van der Waals surface area (Å²) in [6.07, 6.45) is 5.88. The molecule has 0 fully saturated rings. The Morgan fingerprint density at radius 2 is 1.92 bits per heavy atom. The Morgan fingerprint density at radius 3 is 2.68 bits per heavy atom. The Labute approximate surface area is 152 Å². The highest BCUT2D eigenvalue weighted by molar-refractivity contribution is 5.75. The molecule has 130 valence electrons. The number of nitrogens with zero attached hydrogens (tertiary/aromatic N) is 1. The molecule has 4 rings (SSSR count). The van der Waals surface area contributed by atoms with E-state index in [2.05, 4.69) is 82.0 Å². The van der Waals surface area contributed by atoms with Crippen LogP contribution >= 0.6 is 0 Å². The van der Waals surface area contributed by atoms with Crippen molar-refractivity contribution in [3.05, 3.63) is 69.8 Å². The van der Waals surface area contributed by atoms with Crippen LogP contribution in [-0.4, -0.2) is 6.54 Å². The molecule has 2 aliphatic heterocycles. The monoisotopic (exact) mass is 331 g/mol. The maximum Gasteiger partial charge on any atom is 0.0733 e. The smallest absolute Gasteiger partial charge is 0.0733 e. The molecule has 0 radical (unpaired) electrons. The lowest BCUT2D eigenvalue weighted by Crippen LogP contribution is -2.38. The highest BCUT2D eigenvalue weighted by atomic mass is 15.2. The van der Waals surface area contributed by atoms with Crippen LogP contribution in [0, 0.1) is 19.8 Å². The third kappa shape index (κ3) is 2.80. The van der Waals surface area contributed by atoms with Crippen LogP contribution in [0.4, 0.5) is 5.69 Å². The van der Waals surface area contributed by atoms with E-state index in [1.54, 1.807) is 5.56 Å². The molecule has 0 aromatic heterocycles. The summed E-state index contributed by atoms with van der Waals surface area (Å²) in [7, 11) is 0. The van der Waals surface area contributed by atoms with Gasteiger partial charge in [-0.25, -0.2) is 0 Å². The van der Waals surface area contributed by atoms with Gasteiger partial charge in [0.15, 0.2) is 0 Å². The molecule has 0 spiro atoms. The van der Waals surface area contributed by atoms with Gasteiger partial charge in [-0.05, 0) is 66.0 Å². The van der Waals surface area contributed by atoms with Crippen molar-refractivity contribution in [1.82, 2.24) is 0 Å². The molecule has 1 unspecified atom stereocenters. The van der Waals surface area contributed by atoms with Gasteiger partial charge in [0.25, 0.3) is 0 Å². The van der Waals surface area contributed by atoms with Crippen LogP contribution in [0.5, 0.6) is 0 Å². The van der Waals surface area contributed by atoms with Crippen LogP contribution in [0.15, 0.2) is 36.4 Å². The standard InChI is InChI=1S/C24H29N/c1-15(2)10-19-6-7-20-8-9-22-21-12-16(3)11-17(4)24(21)18(5)14-25(22)23(20)13-19/h6-9,11-13,15,18,22H,10,14H2,1-5H3/t18-,22?/m1/s1. The summed E-state index contributed by atoms with van der Waals surface area (Å²) in [5.41, 5.74) is 10.1. The molecule has 0 bridgehead atoms. The van der Waals surface area contributed by atoms with Crippen molar-refractivity contribution in [2.24, 2.45) is 5.92 Å². The zero-order valence-corrected chi connectivity index (χ0v) is 16.1. The SMILES string of the molecule is Cc1cc(C)c2c(c1)C1C=Cc3ccc(CC(C)C)cc3N1C[C@H]2C. The minimum Gasteiger partial charge on any atom is -0.360 e. The maximum atomic E-state index is 2.63. The van der Waals surface area contributed by atoms with Gasteiger partial charge in [0.2, 0.25) is 0 Å². The Balaban J connectivity index is 1.82. The third-order valence-corrected chi connectivity index (χ3v) is 5.69. The number of fused-ring (bicyclic) bond motifs is 5. The number of aryl methyl sites for hydroxylation is 2. The molecule has 2 aliphatic rings. The van der Waals surface area contributed by atoms with E-state index in [1.807, 2.05) is 0 Å². The van der Waals surface area contributed by atoms with E-state index in [9.17, 15) is 0 Å². The Kier molecular flexibility index (Phi) is 3.98. The van der Waals surface area contributed by atoms with Gasteiger partial charge in [0, 0.05) is 12.2 Å². The van der Waals surface area contributed by atoms with Crippen molar-refractivity contribution >= 4 is 11.8 Å². The zero-order valence-electron chi connectivity index (χ0n) is 16.1. The average Bonchev–Trinajstić information content (AvgIpc) is 2.53. The Hall–Kier alpha value is -2.02. The van der Waals surface area contributed by atoms with Crippen LogP contribution in [-0.2, 0) is 6.42 Å². The molecular weight excluding hydrogens is 302 g/mol. The van der Waals surface area contributed by atoms with Crippen LogP contribution in [0.2, 0.25) is 0 Å². The third-order valence-electron chi connectivity index (χ3n) is 5.69. The number of anilines is 1. The fraction of sp³-hybridized carbons (Fsp3) is 0.417. The highest BCUT2D eigenvalue weighted by Gasteiger charge is 2.33. The second-order valence-electron chi connectivity index (χ2n) is 8.43. The van der Waals surface area contributed by atoms with Crippen molar-refractivity contribution in [3.8, 4) is 0 Å². The molecule has 0 aliphatic carbocycles. The predicted octanol–water partition coefficient (Wildman–Crippen LogP) is 6.19. The summed E-state index contributed by atoms with van der Waals surface area (Å²) in [5.74, 6) is 1.26. The molecule has 0 amide bonds. The molecule has 2 atom stereocenters. The second-order valence-corrected chi connectivity index (χ2v) is 8.43. The number of benzene rings is 2. The van der Waals surface area contributed by atoms with E-state index < -0.39 is 0 Å². The Bertz CT molecular complexity index is 843. The van der Waals surface area contributed by atoms with Crippen molar-refractivity contribution < 1.29 is 0 Å². The largest absolute Gasteiger partial charge is 0.360 e. The van der Waals surface area contributed by atoms with Crippen molar-refractivity contribution in [2.45, 2.75) is 53.0 Å². The first kappa shape index (κ1) is 16.4. The lowest BCUT2D eigenvalue weighted by atomic mass is 9.80. The van der Waals surface area contributed by atoms with Crippen LogP contribution in [0.3, 0.4) is 0 Å². The first-order valence-corrected chi connectivity index (χ1v) is 9.63. The van der Waals surface area contributed by atoms with Gasteiger partial charge in [0.05, 0.1) is 6.04 Å². The van der Waals surface area contributed by atoms with E-state index >= 15 is 0 Å². The van der Waals surface area contributed by atoms with Gasteiger partial charge in [0.1, 0.15) is 0 Å². The van der Waals surface area contributed by atoms with Gasteiger partial charge < -0.3 is 4.90 Å². The highest BCUT2D eigenvalue weighted by Crippen LogP contribution is 2.45. The topological polar surface area (TPSA) is 3.24 Å². The molecule has 2 aromatic carbocycles. The molecule has 1 heteroatoms. The van der Waals surface area contributed by atoms with Crippen LogP contribution in [0.25, 0.3) is 6.08 Å². The molecule has 0 saturated heterocycles. The molecule has 2 heterocycles. The number of rotatable bonds is 2. The fourth-order valence-corrected chi connectivity index (χ4v) is 4.83. The summed E-state index contributed by atoms with van der Waals surface area (Å²) in [5, 5.41) is 0. The summed E-state index contributed by atoms with van der Waals surface area (Å²) < 4.78 is 0. The quantitative estimate of drug-likeness (QED) is 0.634. The minimum atomic E-state index is 0.381. The summed E-state index contributed by atoms with van der Waals surface area (Å²) in [4.78, 5) is 2.63. The summed E-state index contributed by atoms with van der Waals surface area (Å²) in [6.45, 7) is 12.6. The first-order chi connectivity index (χ1) is 11.9. The van der Waals surface area contributed by atoms with Crippen molar-refractivity contribution in [2.75, 3.05) is 11.4 Å². The number of hydrogen-bond acceptors (Lipinski definition) is 1. The molecular formula is C24H29N. The van der Waals surface area contributed by atoms with Gasteiger partial charge in [-0.1, -0.05) is 62.8 Å². The number of hydrogen-bond donors (Lipinski definition) is 0. The van der Waals surface area contributed by atoms with E-state index in [-0.39, 0.29) is 0 Å². The average molecular weight is 332 g/mol. The van der Waals surface area contributed by atoms with E-state index in [1.165, 1.54) is 33.5 Å². The van der Waals surface area contributed by atoms with E-state index in [0.717, 1.165) is 13.0 Å². The van der Waals surface area contributed by atoms with Crippen molar-refractivity contribution in [3.63, 3.8) is 0 Å². The lowest BCUT2D eigenvalue weighted by Gasteiger charge is -2.44. The molecule has 2 aromatic rings. The van der Waals surface area contributed by atoms with Crippen LogP contribution in [0.1, 0.15) is 66.1 Å². The second kappa shape index (κ2) is 6.05. The van der Waals surface area contributed by atoms with Crippen LogP contribution < -0.4 is 4.90 Å². The fourth-order valence-electron chi connectivity index (χ4n) is 4.83. The maximum absolute atomic E-state index is 2.63. The van der Waals surface area contributed by atoms with Gasteiger partial charge >= 0.3 is 0 Å².